The fraction of sp³-hybridized carbons (Fsp3) is 1.00. The third-order valence-electron chi connectivity index (χ3n) is 2.61. The fourth-order valence-corrected chi connectivity index (χ4v) is 1.81. The number of ether oxygens (including phenoxy) is 2. The third-order valence-corrected chi connectivity index (χ3v) is 2.61. The minimum absolute atomic E-state index is 0.351. The molecule has 0 heterocycles. The molecule has 0 aromatic heterocycles. The fourth-order valence-electron chi connectivity index (χ4n) is 1.81. The van der Waals surface area contributed by atoms with Crippen LogP contribution in [0, 0.1) is 0 Å². The Balaban J connectivity index is 2.15. The Morgan fingerprint density at radius 3 is 2.40 bits per heavy atom. The van der Waals surface area contributed by atoms with Gasteiger partial charge in [0, 0.05) is 19.4 Å². The standard InChI is InChI=1S/C10H20FNO3/c11-15-10(4-2-1-3-5-10)14-9-8-13-7-6-12/h1-9,12H2. The van der Waals surface area contributed by atoms with Crippen molar-refractivity contribution in [2.24, 2.45) is 5.73 Å². The van der Waals surface area contributed by atoms with E-state index in [9.17, 15) is 4.53 Å². The predicted molar refractivity (Wildman–Crippen MR) is 53.8 cm³/mol. The highest BCUT2D eigenvalue weighted by Crippen LogP contribution is 2.32. The summed E-state index contributed by atoms with van der Waals surface area (Å²) < 4.78 is 23.0. The number of hydrogen-bond donors (Lipinski definition) is 1. The molecule has 90 valence electrons. The molecule has 1 rings (SSSR count). The van der Waals surface area contributed by atoms with Crippen molar-refractivity contribution in [1.29, 1.82) is 0 Å². The summed E-state index contributed by atoms with van der Waals surface area (Å²) in [4.78, 5) is 3.98. The minimum atomic E-state index is -1.01. The summed E-state index contributed by atoms with van der Waals surface area (Å²) in [6, 6.07) is 0. The van der Waals surface area contributed by atoms with Gasteiger partial charge in [-0.05, 0) is 17.4 Å². The highest BCUT2D eigenvalue weighted by molar-refractivity contribution is 4.73. The van der Waals surface area contributed by atoms with Gasteiger partial charge in [0.2, 0.25) is 5.79 Å². The van der Waals surface area contributed by atoms with Crippen molar-refractivity contribution in [3.63, 3.8) is 0 Å². The maximum Gasteiger partial charge on any atom is 0.207 e. The van der Waals surface area contributed by atoms with Crippen molar-refractivity contribution in [3.05, 3.63) is 0 Å². The Bertz CT molecular complexity index is 163. The second kappa shape index (κ2) is 7.11. The van der Waals surface area contributed by atoms with Gasteiger partial charge in [0.15, 0.2) is 0 Å². The molecule has 0 saturated heterocycles. The number of rotatable bonds is 7. The van der Waals surface area contributed by atoms with Crippen LogP contribution in [0.3, 0.4) is 0 Å². The molecule has 2 N–H and O–H groups in total. The van der Waals surface area contributed by atoms with E-state index in [1.165, 1.54) is 0 Å². The molecule has 0 atom stereocenters. The Morgan fingerprint density at radius 2 is 1.80 bits per heavy atom. The highest BCUT2D eigenvalue weighted by Gasteiger charge is 2.35. The van der Waals surface area contributed by atoms with Crippen LogP contribution in [-0.4, -0.2) is 32.2 Å². The first kappa shape index (κ1) is 12.8. The van der Waals surface area contributed by atoms with E-state index in [0.29, 0.717) is 39.2 Å². The lowest BCUT2D eigenvalue weighted by atomic mass is 9.94. The van der Waals surface area contributed by atoms with Gasteiger partial charge in [0.05, 0.1) is 19.8 Å². The van der Waals surface area contributed by atoms with Crippen molar-refractivity contribution >= 4 is 0 Å². The summed E-state index contributed by atoms with van der Waals surface area (Å²) in [6.45, 7) is 1.78. The third kappa shape index (κ3) is 4.42. The molecular formula is C10H20FNO3. The maximum atomic E-state index is 12.4. The van der Waals surface area contributed by atoms with Crippen molar-refractivity contribution in [3.8, 4) is 0 Å². The first-order valence-corrected chi connectivity index (χ1v) is 5.54. The van der Waals surface area contributed by atoms with Crippen molar-refractivity contribution in [2.75, 3.05) is 26.4 Å². The van der Waals surface area contributed by atoms with Crippen LogP contribution in [0.15, 0.2) is 0 Å². The van der Waals surface area contributed by atoms with E-state index in [1.54, 1.807) is 0 Å². The van der Waals surface area contributed by atoms with Gasteiger partial charge in [-0.1, -0.05) is 6.42 Å². The summed E-state index contributed by atoms with van der Waals surface area (Å²) >= 11 is 0. The van der Waals surface area contributed by atoms with Gasteiger partial charge in [-0.3, -0.25) is 0 Å². The summed E-state index contributed by atoms with van der Waals surface area (Å²) in [5.41, 5.74) is 5.26. The zero-order valence-electron chi connectivity index (χ0n) is 9.04. The average molecular weight is 221 g/mol. The van der Waals surface area contributed by atoms with Crippen LogP contribution in [0.25, 0.3) is 0 Å². The van der Waals surface area contributed by atoms with Crippen LogP contribution in [0.2, 0.25) is 0 Å². The number of nitrogens with two attached hydrogens (primary N) is 1. The summed E-state index contributed by atoms with van der Waals surface area (Å²) in [7, 11) is 0. The summed E-state index contributed by atoms with van der Waals surface area (Å²) in [6.07, 6.45) is 4.28. The van der Waals surface area contributed by atoms with Crippen LogP contribution in [-0.2, 0) is 14.4 Å². The summed E-state index contributed by atoms with van der Waals surface area (Å²) in [5, 5.41) is 0. The van der Waals surface area contributed by atoms with Gasteiger partial charge in [-0.2, -0.15) is 4.94 Å². The molecule has 1 aliphatic rings. The predicted octanol–water partition coefficient (Wildman–Crippen LogP) is 1.54. The lowest BCUT2D eigenvalue weighted by molar-refractivity contribution is -0.356. The van der Waals surface area contributed by atoms with Crippen molar-refractivity contribution < 1.29 is 18.9 Å². The van der Waals surface area contributed by atoms with Gasteiger partial charge in [-0.15, -0.1) is 0 Å². The molecule has 1 saturated carbocycles. The molecule has 0 amide bonds. The van der Waals surface area contributed by atoms with E-state index in [1.807, 2.05) is 0 Å². The largest absolute Gasteiger partial charge is 0.378 e. The second-order valence-electron chi connectivity index (χ2n) is 3.80. The zero-order chi connectivity index (χ0) is 11.0. The zero-order valence-corrected chi connectivity index (χ0v) is 9.04. The second-order valence-corrected chi connectivity index (χ2v) is 3.80. The molecule has 0 spiro atoms. The van der Waals surface area contributed by atoms with Gasteiger partial charge in [-0.25, -0.2) is 0 Å². The van der Waals surface area contributed by atoms with E-state index in [4.69, 9.17) is 15.2 Å². The molecule has 5 heteroatoms. The van der Waals surface area contributed by atoms with Gasteiger partial charge >= 0.3 is 0 Å². The molecule has 0 aromatic carbocycles. The van der Waals surface area contributed by atoms with Crippen LogP contribution < -0.4 is 5.73 Å². The monoisotopic (exact) mass is 221 g/mol. The number of hydrogen-bond acceptors (Lipinski definition) is 4. The normalized spacial score (nSPS) is 20.4. The minimum Gasteiger partial charge on any atom is -0.378 e. The Hall–Kier alpha value is -0.230. The SMILES string of the molecule is NCCOCCOC1(OF)CCCCC1. The Kier molecular flexibility index (Phi) is 6.09. The molecule has 1 fully saturated rings. The topological polar surface area (TPSA) is 53.7 Å². The van der Waals surface area contributed by atoms with Gasteiger partial charge in [0.1, 0.15) is 0 Å². The molecule has 0 unspecified atom stereocenters. The van der Waals surface area contributed by atoms with Crippen LogP contribution >= 0.6 is 0 Å². The lowest BCUT2D eigenvalue weighted by Crippen LogP contribution is -2.37. The molecule has 0 aromatic rings. The molecule has 1 aliphatic carbocycles. The smallest absolute Gasteiger partial charge is 0.207 e. The van der Waals surface area contributed by atoms with Crippen LogP contribution in [0.5, 0.6) is 0 Å². The van der Waals surface area contributed by atoms with Gasteiger partial charge in [0.25, 0.3) is 0 Å². The molecule has 15 heavy (non-hydrogen) atoms. The maximum absolute atomic E-state index is 12.4. The van der Waals surface area contributed by atoms with E-state index in [0.717, 1.165) is 19.3 Å². The van der Waals surface area contributed by atoms with Crippen molar-refractivity contribution in [2.45, 2.75) is 37.9 Å². The Labute approximate surface area is 89.8 Å². The van der Waals surface area contributed by atoms with Crippen LogP contribution in [0.4, 0.5) is 4.53 Å². The molecule has 0 radical (unpaired) electrons. The lowest BCUT2D eigenvalue weighted by Gasteiger charge is -2.32. The van der Waals surface area contributed by atoms with E-state index < -0.39 is 5.79 Å². The average Bonchev–Trinajstić information content (AvgIpc) is 2.30. The van der Waals surface area contributed by atoms with Gasteiger partial charge < -0.3 is 15.2 Å². The summed E-state index contributed by atoms with van der Waals surface area (Å²) in [5.74, 6) is -1.01. The van der Waals surface area contributed by atoms with Crippen LogP contribution in [0.1, 0.15) is 32.1 Å². The molecular weight excluding hydrogens is 201 g/mol. The first-order chi connectivity index (χ1) is 7.33. The number of halogens is 1. The first-order valence-electron chi connectivity index (χ1n) is 5.54. The molecule has 0 bridgehead atoms. The Morgan fingerprint density at radius 1 is 1.07 bits per heavy atom. The van der Waals surface area contributed by atoms with E-state index in [2.05, 4.69) is 4.94 Å². The quantitative estimate of drug-likeness (QED) is 0.523. The highest BCUT2D eigenvalue weighted by atomic mass is 19.3. The molecule has 0 aliphatic heterocycles. The molecule has 4 nitrogen and oxygen atoms in total. The van der Waals surface area contributed by atoms with E-state index in [-0.39, 0.29) is 0 Å². The van der Waals surface area contributed by atoms with Crippen molar-refractivity contribution in [1.82, 2.24) is 0 Å². The van der Waals surface area contributed by atoms with E-state index >= 15 is 0 Å².